The molecule has 2 fully saturated rings. The number of piperazine rings is 1. The topological polar surface area (TPSA) is 95.7 Å². The number of nitrogens with zero attached hydrogens (tertiary/aromatic N) is 1. The van der Waals surface area contributed by atoms with Crippen molar-refractivity contribution in [2.75, 3.05) is 26.2 Å². The third kappa shape index (κ3) is 8.02. The highest BCUT2D eigenvalue weighted by Gasteiger charge is 2.29. The van der Waals surface area contributed by atoms with Gasteiger partial charge in [0.05, 0.1) is 6.04 Å². The second kappa shape index (κ2) is 9.73. The normalized spacial score (nSPS) is 19.4. The number of carboxylic acids is 1. The molecule has 2 rings (SSSR count). The Kier molecular flexibility index (Phi) is 8.30. The van der Waals surface area contributed by atoms with E-state index < -0.39 is 5.97 Å². The molecule has 4 N–H and O–H groups in total. The summed E-state index contributed by atoms with van der Waals surface area (Å²) in [6, 6.07) is -0.249. The molecule has 1 amide bonds. The van der Waals surface area contributed by atoms with Gasteiger partial charge in [0, 0.05) is 32.6 Å². The molecule has 1 aliphatic carbocycles. The maximum Gasteiger partial charge on any atom is 0.303 e. The largest absolute Gasteiger partial charge is 0.481 e. The predicted octanol–water partition coefficient (Wildman–Crippen LogP) is 0.807. The van der Waals surface area contributed by atoms with Gasteiger partial charge in [-0.3, -0.25) is 9.59 Å². The molecule has 0 aromatic carbocycles. The van der Waals surface area contributed by atoms with E-state index in [1.807, 2.05) is 11.8 Å². The molecule has 21 heavy (non-hydrogen) atoms. The Hall–Kier alpha value is -1.14. The van der Waals surface area contributed by atoms with Crippen LogP contribution in [0.5, 0.6) is 0 Å². The standard InChI is InChI=1S/C10H19N3O.C5H10O2/c11-9(7-8-1-2-8)10(14)13-5-3-12-4-6-13;1-2-3-4-5(6)7/h8-9,12H,1-7,11H2;2-4H2,1H3,(H,6,7). The summed E-state index contributed by atoms with van der Waals surface area (Å²) in [5.74, 6) is 0.192. The van der Waals surface area contributed by atoms with Gasteiger partial charge in [0.25, 0.3) is 0 Å². The third-order valence-electron chi connectivity index (χ3n) is 3.77. The summed E-state index contributed by atoms with van der Waals surface area (Å²) in [7, 11) is 0. The quantitative estimate of drug-likeness (QED) is 0.674. The van der Waals surface area contributed by atoms with E-state index in [0.717, 1.165) is 51.4 Å². The minimum Gasteiger partial charge on any atom is -0.481 e. The van der Waals surface area contributed by atoms with Crippen molar-refractivity contribution in [1.29, 1.82) is 0 Å². The van der Waals surface area contributed by atoms with E-state index in [9.17, 15) is 9.59 Å². The van der Waals surface area contributed by atoms with Crippen LogP contribution in [-0.2, 0) is 9.59 Å². The fourth-order valence-electron chi connectivity index (χ4n) is 2.26. The lowest BCUT2D eigenvalue weighted by atomic mass is 10.1. The van der Waals surface area contributed by atoms with Gasteiger partial charge in [0.1, 0.15) is 0 Å². The van der Waals surface area contributed by atoms with Gasteiger partial charge >= 0.3 is 5.97 Å². The van der Waals surface area contributed by atoms with E-state index in [-0.39, 0.29) is 11.9 Å². The first-order chi connectivity index (χ1) is 10.0. The van der Waals surface area contributed by atoms with Crippen LogP contribution < -0.4 is 11.1 Å². The SMILES string of the molecule is CCCCC(=O)O.NC(CC1CC1)C(=O)N1CCNCC1. The number of carboxylic acid groups (broad SMARTS) is 1. The number of carbonyl (C=O) groups excluding carboxylic acids is 1. The number of hydrogen-bond acceptors (Lipinski definition) is 4. The molecule has 6 heteroatoms. The molecule has 1 atom stereocenters. The van der Waals surface area contributed by atoms with Crippen LogP contribution in [0.2, 0.25) is 0 Å². The Morgan fingerprint density at radius 2 is 1.95 bits per heavy atom. The maximum atomic E-state index is 11.8. The molecule has 2 aliphatic rings. The molecule has 1 saturated carbocycles. The highest BCUT2D eigenvalue weighted by Crippen LogP contribution is 2.33. The van der Waals surface area contributed by atoms with Crippen molar-refractivity contribution >= 4 is 11.9 Å². The van der Waals surface area contributed by atoms with Crippen LogP contribution in [0.1, 0.15) is 45.4 Å². The summed E-state index contributed by atoms with van der Waals surface area (Å²) in [6.07, 6.45) is 5.51. The van der Waals surface area contributed by atoms with Gasteiger partial charge in [-0.25, -0.2) is 0 Å². The van der Waals surface area contributed by atoms with Crippen LogP contribution in [0.25, 0.3) is 0 Å². The predicted molar refractivity (Wildman–Crippen MR) is 81.9 cm³/mol. The van der Waals surface area contributed by atoms with Crippen LogP contribution in [0, 0.1) is 5.92 Å². The third-order valence-corrected chi connectivity index (χ3v) is 3.77. The van der Waals surface area contributed by atoms with E-state index in [1.54, 1.807) is 0 Å². The fraction of sp³-hybridized carbons (Fsp3) is 0.867. The number of amides is 1. The zero-order valence-electron chi connectivity index (χ0n) is 13.0. The van der Waals surface area contributed by atoms with Crippen LogP contribution in [0.4, 0.5) is 0 Å². The lowest BCUT2D eigenvalue weighted by Gasteiger charge is -2.29. The van der Waals surface area contributed by atoms with Crippen molar-refractivity contribution in [3.8, 4) is 0 Å². The summed E-state index contributed by atoms with van der Waals surface area (Å²) in [5, 5.41) is 11.3. The molecule has 0 aromatic rings. The number of unbranched alkanes of at least 4 members (excludes halogenated alkanes) is 1. The number of hydrogen-bond donors (Lipinski definition) is 3. The average Bonchev–Trinajstić information content (AvgIpc) is 3.29. The minimum atomic E-state index is -0.693. The van der Waals surface area contributed by atoms with Crippen molar-refractivity contribution in [1.82, 2.24) is 10.2 Å². The molecule has 1 saturated heterocycles. The summed E-state index contributed by atoms with van der Waals surface area (Å²) >= 11 is 0. The number of aliphatic carboxylic acids is 1. The van der Waals surface area contributed by atoms with Crippen molar-refractivity contribution in [2.45, 2.75) is 51.5 Å². The first kappa shape index (κ1) is 17.9. The Bertz CT molecular complexity index is 326. The van der Waals surface area contributed by atoms with Crippen molar-refractivity contribution < 1.29 is 14.7 Å². The highest BCUT2D eigenvalue weighted by atomic mass is 16.4. The Labute approximate surface area is 127 Å². The van der Waals surface area contributed by atoms with Gasteiger partial charge in [0.15, 0.2) is 0 Å². The molecular formula is C15H29N3O3. The number of nitrogens with two attached hydrogens (primary N) is 1. The van der Waals surface area contributed by atoms with E-state index in [1.165, 1.54) is 12.8 Å². The number of rotatable bonds is 6. The van der Waals surface area contributed by atoms with Gasteiger partial charge in [-0.05, 0) is 18.8 Å². The van der Waals surface area contributed by atoms with Crippen molar-refractivity contribution in [3.05, 3.63) is 0 Å². The van der Waals surface area contributed by atoms with Crippen LogP contribution >= 0.6 is 0 Å². The molecule has 0 aromatic heterocycles. The molecule has 0 spiro atoms. The fourth-order valence-corrected chi connectivity index (χ4v) is 2.26. The zero-order chi connectivity index (χ0) is 15.7. The Morgan fingerprint density at radius 1 is 1.33 bits per heavy atom. The Morgan fingerprint density at radius 3 is 2.38 bits per heavy atom. The molecule has 1 unspecified atom stereocenters. The molecular weight excluding hydrogens is 270 g/mol. The van der Waals surface area contributed by atoms with Crippen molar-refractivity contribution in [3.63, 3.8) is 0 Å². The van der Waals surface area contributed by atoms with E-state index in [4.69, 9.17) is 10.8 Å². The van der Waals surface area contributed by atoms with E-state index in [2.05, 4.69) is 5.32 Å². The van der Waals surface area contributed by atoms with Crippen LogP contribution in [0.15, 0.2) is 0 Å². The molecule has 1 heterocycles. The van der Waals surface area contributed by atoms with E-state index in [0.29, 0.717) is 6.42 Å². The number of carbonyl (C=O) groups is 2. The lowest BCUT2D eigenvalue weighted by Crippen LogP contribution is -2.51. The number of nitrogens with one attached hydrogen (secondary N) is 1. The van der Waals surface area contributed by atoms with Gasteiger partial charge in [-0.15, -0.1) is 0 Å². The smallest absolute Gasteiger partial charge is 0.303 e. The first-order valence-electron chi connectivity index (χ1n) is 8.01. The summed E-state index contributed by atoms with van der Waals surface area (Å²) in [5.41, 5.74) is 5.88. The summed E-state index contributed by atoms with van der Waals surface area (Å²) in [6.45, 7) is 5.42. The van der Waals surface area contributed by atoms with Gasteiger partial charge < -0.3 is 21.1 Å². The average molecular weight is 299 g/mol. The second-order valence-corrected chi connectivity index (χ2v) is 5.86. The molecule has 1 aliphatic heterocycles. The minimum absolute atomic E-state index is 0.151. The molecule has 6 nitrogen and oxygen atoms in total. The summed E-state index contributed by atoms with van der Waals surface area (Å²) < 4.78 is 0. The Balaban J connectivity index is 0.000000270. The van der Waals surface area contributed by atoms with E-state index >= 15 is 0 Å². The van der Waals surface area contributed by atoms with Gasteiger partial charge in [-0.2, -0.15) is 0 Å². The maximum absolute atomic E-state index is 11.8. The van der Waals surface area contributed by atoms with Crippen LogP contribution in [-0.4, -0.2) is 54.1 Å². The van der Waals surface area contributed by atoms with Crippen molar-refractivity contribution in [2.24, 2.45) is 11.7 Å². The summed E-state index contributed by atoms with van der Waals surface area (Å²) in [4.78, 5) is 23.5. The monoisotopic (exact) mass is 299 g/mol. The van der Waals surface area contributed by atoms with Gasteiger partial charge in [0.2, 0.25) is 5.91 Å². The second-order valence-electron chi connectivity index (χ2n) is 5.86. The highest BCUT2D eigenvalue weighted by molar-refractivity contribution is 5.81. The zero-order valence-corrected chi connectivity index (χ0v) is 13.0. The van der Waals surface area contributed by atoms with Crippen LogP contribution in [0.3, 0.4) is 0 Å². The molecule has 122 valence electrons. The van der Waals surface area contributed by atoms with Gasteiger partial charge in [-0.1, -0.05) is 26.2 Å². The molecule has 0 bridgehead atoms. The lowest BCUT2D eigenvalue weighted by molar-refractivity contribution is -0.137. The molecule has 0 radical (unpaired) electrons. The first-order valence-corrected chi connectivity index (χ1v) is 8.01.